The molecule has 1 amide bonds. The van der Waals surface area contributed by atoms with E-state index in [1.54, 1.807) is 26.9 Å². The monoisotopic (exact) mass is 361 g/mol. The molecule has 132 valence electrons. The standard InChI is InChI=1S/C14H27ClF3NO2Si/c1-9(2)11(19-10(20)8-15)12(14(16,17)18)21-22(6,7)13(3,4)5/h9,11-12H,8H2,1-7H3,(H,19,20). The maximum absolute atomic E-state index is 13.5. The molecule has 0 saturated heterocycles. The number of carbonyl (C=O) groups excluding carboxylic acids is 1. The number of hydrogen-bond donors (Lipinski definition) is 1. The number of alkyl halides is 4. The minimum absolute atomic E-state index is 0.367. The summed E-state index contributed by atoms with van der Waals surface area (Å²) in [5.74, 6) is -1.45. The van der Waals surface area contributed by atoms with Gasteiger partial charge in [-0.25, -0.2) is 0 Å². The molecule has 1 N–H and O–H groups in total. The van der Waals surface area contributed by atoms with Gasteiger partial charge in [-0.2, -0.15) is 13.2 Å². The molecule has 2 atom stereocenters. The van der Waals surface area contributed by atoms with Gasteiger partial charge in [0.2, 0.25) is 5.91 Å². The van der Waals surface area contributed by atoms with E-state index in [0.717, 1.165) is 0 Å². The molecular weight excluding hydrogens is 335 g/mol. The lowest BCUT2D eigenvalue weighted by Gasteiger charge is -2.42. The minimum atomic E-state index is -4.57. The summed E-state index contributed by atoms with van der Waals surface area (Å²) in [6.45, 7) is 12.4. The fourth-order valence-electron chi connectivity index (χ4n) is 1.65. The third-order valence-corrected chi connectivity index (χ3v) is 8.74. The smallest absolute Gasteiger partial charge is 0.404 e. The van der Waals surface area contributed by atoms with Gasteiger partial charge in [-0.05, 0) is 24.1 Å². The first kappa shape index (κ1) is 21.7. The van der Waals surface area contributed by atoms with Gasteiger partial charge in [-0.3, -0.25) is 4.79 Å². The maximum atomic E-state index is 13.5. The van der Waals surface area contributed by atoms with Crippen LogP contribution in [-0.2, 0) is 9.22 Å². The molecule has 0 fully saturated rings. The normalized spacial score (nSPS) is 16.5. The zero-order valence-electron chi connectivity index (χ0n) is 14.3. The molecule has 0 radical (unpaired) electrons. The molecule has 0 saturated carbocycles. The molecule has 0 rings (SSSR count). The van der Waals surface area contributed by atoms with Crippen LogP contribution in [0.5, 0.6) is 0 Å². The van der Waals surface area contributed by atoms with Crippen molar-refractivity contribution in [3.63, 3.8) is 0 Å². The van der Waals surface area contributed by atoms with E-state index >= 15 is 0 Å². The Balaban J connectivity index is 5.56. The van der Waals surface area contributed by atoms with Gasteiger partial charge in [0, 0.05) is 0 Å². The molecule has 0 bridgehead atoms. The van der Waals surface area contributed by atoms with Crippen molar-refractivity contribution in [2.75, 3.05) is 5.88 Å². The van der Waals surface area contributed by atoms with Crippen molar-refractivity contribution in [1.82, 2.24) is 5.32 Å². The van der Waals surface area contributed by atoms with E-state index in [1.165, 1.54) is 0 Å². The van der Waals surface area contributed by atoms with Crippen molar-refractivity contribution in [2.24, 2.45) is 5.92 Å². The van der Waals surface area contributed by atoms with Crippen LogP contribution in [0.3, 0.4) is 0 Å². The van der Waals surface area contributed by atoms with Crippen LogP contribution in [0.25, 0.3) is 0 Å². The first-order chi connectivity index (χ1) is 9.63. The van der Waals surface area contributed by atoms with Crippen molar-refractivity contribution in [1.29, 1.82) is 0 Å². The molecule has 0 aliphatic carbocycles. The largest absolute Gasteiger partial charge is 0.415 e. The predicted octanol–water partition coefficient (Wildman–Crippen LogP) is 4.32. The highest BCUT2D eigenvalue weighted by Gasteiger charge is 2.52. The summed E-state index contributed by atoms with van der Waals surface area (Å²) >= 11 is 5.40. The van der Waals surface area contributed by atoms with Crippen LogP contribution < -0.4 is 5.32 Å². The van der Waals surface area contributed by atoms with Crippen LogP contribution in [0.4, 0.5) is 13.2 Å². The highest BCUT2D eigenvalue weighted by atomic mass is 35.5. The highest BCUT2D eigenvalue weighted by molar-refractivity contribution is 6.74. The van der Waals surface area contributed by atoms with Crippen molar-refractivity contribution in [2.45, 2.75) is 71.1 Å². The molecule has 8 heteroatoms. The van der Waals surface area contributed by atoms with E-state index in [1.807, 2.05) is 20.8 Å². The first-order valence-corrected chi connectivity index (χ1v) is 10.7. The molecule has 0 aromatic heterocycles. The van der Waals surface area contributed by atoms with Gasteiger partial charge in [-0.1, -0.05) is 34.6 Å². The lowest BCUT2D eigenvalue weighted by molar-refractivity contribution is -0.210. The summed E-state index contributed by atoms with van der Waals surface area (Å²) in [7, 11) is -2.65. The Morgan fingerprint density at radius 3 is 1.95 bits per heavy atom. The van der Waals surface area contributed by atoms with Gasteiger partial charge in [-0.15, -0.1) is 11.6 Å². The number of carbonyl (C=O) groups is 1. The van der Waals surface area contributed by atoms with Crippen LogP contribution >= 0.6 is 11.6 Å². The van der Waals surface area contributed by atoms with E-state index in [-0.39, 0.29) is 10.9 Å². The van der Waals surface area contributed by atoms with Crippen molar-refractivity contribution >= 4 is 25.8 Å². The SMILES string of the molecule is CC(C)C(NC(=O)CCl)C(O[Si](C)(C)C(C)(C)C)C(F)(F)F. The summed E-state index contributed by atoms with van der Waals surface area (Å²) < 4.78 is 46.1. The quantitative estimate of drug-likeness (QED) is 0.565. The Kier molecular flexibility index (Phi) is 7.44. The molecule has 0 spiro atoms. The minimum Gasteiger partial charge on any atom is -0.404 e. The van der Waals surface area contributed by atoms with Gasteiger partial charge < -0.3 is 9.74 Å². The highest BCUT2D eigenvalue weighted by Crippen LogP contribution is 2.40. The van der Waals surface area contributed by atoms with E-state index in [2.05, 4.69) is 5.32 Å². The molecule has 3 nitrogen and oxygen atoms in total. The molecule has 0 heterocycles. The first-order valence-electron chi connectivity index (χ1n) is 7.23. The number of amides is 1. The van der Waals surface area contributed by atoms with E-state index < -0.39 is 38.5 Å². The van der Waals surface area contributed by atoms with Crippen molar-refractivity contribution < 1.29 is 22.4 Å². The zero-order valence-corrected chi connectivity index (χ0v) is 16.0. The second-order valence-corrected chi connectivity index (χ2v) is 12.3. The molecule has 0 aromatic carbocycles. The van der Waals surface area contributed by atoms with Crippen LogP contribution in [0.2, 0.25) is 18.1 Å². The number of nitrogens with one attached hydrogen (secondary N) is 1. The Labute approximate surface area is 137 Å². The molecule has 0 aromatic rings. The fourth-order valence-corrected chi connectivity index (χ4v) is 3.00. The number of halogens is 4. The average Bonchev–Trinajstić information content (AvgIpc) is 2.30. The van der Waals surface area contributed by atoms with Crippen LogP contribution in [0.1, 0.15) is 34.6 Å². The third-order valence-electron chi connectivity index (χ3n) is 4.04. The topological polar surface area (TPSA) is 38.3 Å². The lowest BCUT2D eigenvalue weighted by Crippen LogP contribution is -2.59. The van der Waals surface area contributed by atoms with Gasteiger partial charge in [0.15, 0.2) is 14.4 Å². The molecular formula is C14H27ClF3NO2Si. The van der Waals surface area contributed by atoms with Crippen LogP contribution in [0, 0.1) is 5.92 Å². The second-order valence-electron chi connectivity index (χ2n) is 7.31. The van der Waals surface area contributed by atoms with Gasteiger partial charge >= 0.3 is 6.18 Å². The summed E-state index contributed by atoms with van der Waals surface area (Å²) in [6, 6.07) is -1.17. The van der Waals surface area contributed by atoms with Crippen molar-refractivity contribution in [3.05, 3.63) is 0 Å². The molecule has 0 aliphatic rings. The van der Waals surface area contributed by atoms with Crippen LogP contribution in [-0.4, -0.2) is 38.4 Å². The Hall–Kier alpha value is -0.273. The average molecular weight is 362 g/mol. The van der Waals surface area contributed by atoms with Gasteiger partial charge in [0.25, 0.3) is 0 Å². The van der Waals surface area contributed by atoms with Crippen molar-refractivity contribution in [3.8, 4) is 0 Å². The number of hydrogen-bond acceptors (Lipinski definition) is 2. The van der Waals surface area contributed by atoms with Gasteiger partial charge in [0.05, 0.1) is 6.04 Å². The zero-order chi connectivity index (χ0) is 17.9. The molecule has 0 aliphatic heterocycles. The fraction of sp³-hybridized carbons (Fsp3) is 0.929. The predicted molar refractivity (Wildman–Crippen MR) is 85.6 cm³/mol. The lowest BCUT2D eigenvalue weighted by atomic mass is 9.98. The van der Waals surface area contributed by atoms with E-state index in [0.29, 0.717) is 0 Å². The second kappa shape index (κ2) is 7.53. The Morgan fingerprint density at radius 2 is 1.68 bits per heavy atom. The van der Waals surface area contributed by atoms with Gasteiger partial charge in [0.1, 0.15) is 5.88 Å². The number of rotatable bonds is 6. The van der Waals surface area contributed by atoms with E-state index in [9.17, 15) is 18.0 Å². The maximum Gasteiger partial charge on any atom is 0.415 e. The molecule has 22 heavy (non-hydrogen) atoms. The summed E-state index contributed by atoms with van der Waals surface area (Å²) in [5.41, 5.74) is 0. The Morgan fingerprint density at radius 1 is 1.23 bits per heavy atom. The Bertz CT molecular complexity index is 381. The summed E-state index contributed by atoms with van der Waals surface area (Å²) in [4.78, 5) is 11.5. The summed E-state index contributed by atoms with van der Waals surface area (Å²) in [6.07, 6.45) is -6.61. The third kappa shape index (κ3) is 6.08. The molecule has 2 unspecified atom stereocenters. The van der Waals surface area contributed by atoms with E-state index in [4.69, 9.17) is 16.0 Å². The van der Waals surface area contributed by atoms with Crippen LogP contribution in [0.15, 0.2) is 0 Å². The summed E-state index contributed by atoms with van der Waals surface area (Å²) in [5, 5.41) is 1.99.